The van der Waals surface area contributed by atoms with Crippen molar-refractivity contribution in [2.45, 2.75) is 0 Å². The summed E-state index contributed by atoms with van der Waals surface area (Å²) in [5, 5.41) is 0. The largest absolute Gasteiger partial charge is 0.345 e. The number of hydrogen-bond acceptors (Lipinski definition) is 2. The average Bonchev–Trinajstić information content (AvgIpc) is 2.19. The number of rotatable bonds is 2. The van der Waals surface area contributed by atoms with Crippen molar-refractivity contribution in [3.8, 4) is 0 Å². The fourth-order valence-corrected chi connectivity index (χ4v) is 0.827. The van der Waals surface area contributed by atoms with Gasteiger partial charge in [0.25, 0.3) is 0 Å². The summed E-state index contributed by atoms with van der Waals surface area (Å²) in [6.07, 6.45) is 3.33. The molecule has 8 heavy (non-hydrogen) atoms. The number of imidazole rings is 1. The van der Waals surface area contributed by atoms with E-state index in [1.807, 2.05) is 0 Å². The van der Waals surface area contributed by atoms with E-state index in [4.69, 9.17) is 0 Å². The molecule has 0 fully saturated rings. The molecule has 0 radical (unpaired) electrons. The van der Waals surface area contributed by atoms with E-state index in [0.29, 0.717) is 0 Å². The molecule has 0 aliphatic rings. The summed E-state index contributed by atoms with van der Waals surface area (Å²) in [6.45, 7) is 0. The molecule has 4 heteroatoms. The van der Waals surface area contributed by atoms with Crippen LogP contribution in [-0.4, -0.2) is 16.0 Å². The van der Waals surface area contributed by atoms with E-state index in [-0.39, 0.29) is 8.58 Å². The van der Waals surface area contributed by atoms with Gasteiger partial charge in [-0.3, -0.25) is 4.79 Å². The third-order valence-corrected chi connectivity index (χ3v) is 1.36. The lowest BCUT2D eigenvalue weighted by molar-refractivity contribution is 0.569. The first kappa shape index (κ1) is 5.45. The Morgan fingerprint density at radius 1 is 1.88 bits per heavy atom. The van der Waals surface area contributed by atoms with E-state index in [1.165, 1.54) is 0 Å². The maximum atomic E-state index is 9.82. The Morgan fingerprint density at radius 3 is 3.25 bits per heavy atom. The molecule has 1 heterocycles. The van der Waals surface area contributed by atoms with Gasteiger partial charge in [-0.2, -0.15) is 0 Å². The molecule has 1 N–H and O–H groups in total. The second-order valence-corrected chi connectivity index (χ2v) is 2.20. The van der Waals surface area contributed by atoms with Crippen LogP contribution < -0.4 is 5.57 Å². The molecule has 1 unspecified atom stereocenters. The van der Waals surface area contributed by atoms with Crippen LogP contribution in [0.1, 0.15) is 0 Å². The molecule has 0 amide bonds. The van der Waals surface area contributed by atoms with Gasteiger partial charge < -0.3 is 4.98 Å². The Kier molecular flexibility index (Phi) is 1.75. The van der Waals surface area contributed by atoms with Crippen molar-refractivity contribution >= 4 is 20.2 Å². The normalized spacial score (nSPS) is 10.5. The summed E-state index contributed by atoms with van der Waals surface area (Å²) in [7, 11) is 0.164. The summed E-state index contributed by atoms with van der Waals surface area (Å²) >= 11 is 0. The zero-order valence-electron chi connectivity index (χ0n) is 4.09. The van der Waals surface area contributed by atoms with Crippen LogP contribution in [0.2, 0.25) is 0 Å². The summed E-state index contributed by atoms with van der Waals surface area (Å²) in [4.78, 5) is 16.5. The highest BCUT2D eigenvalue weighted by molar-refractivity contribution is 7.62. The van der Waals surface area contributed by atoms with Gasteiger partial charge in [-0.25, -0.2) is 4.98 Å². The minimum atomic E-state index is 0.164. The zero-order chi connectivity index (χ0) is 5.82. The molecule has 0 saturated heterocycles. The lowest BCUT2D eigenvalue weighted by Crippen LogP contribution is -1.96. The van der Waals surface area contributed by atoms with Gasteiger partial charge in [0.2, 0.25) is 0 Å². The average molecular weight is 128 g/mol. The van der Waals surface area contributed by atoms with Gasteiger partial charge in [-0.15, -0.1) is 0 Å². The lowest BCUT2D eigenvalue weighted by atomic mass is 11.0. The first-order valence-electron chi connectivity index (χ1n) is 2.13. The Hall–Kier alpha value is -0.690. The molecule has 42 valence electrons. The van der Waals surface area contributed by atoms with E-state index in [1.54, 1.807) is 12.4 Å². The predicted molar refractivity (Wildman–Crippen MR) is 33.3 cm³/mol. The molecule has 1 atom stereocenters. The highest BCUT2D eigenvalue weighted by Crippen LogP contribution is 1.96. The monoisotopic (exact) mass is 128 g/mol. The second kappa shape index (κ2) is 2.58. The topological polar surface area (TPSA) is 45.8 Å². The van der Waals surface area contributed by atoms with Crippen molar-refractivity contribution in [1.82, 2.24) is 9.97 Å². The fourth-order valence-electron chi connectivity index (χ4n) is 0.400. The number of H-pyrrole nitrogens is 1. The van der Waals surface area contributed by atoms with Crippen LogP contribution >= 0.6 is 8.58 Å². The number of aromatic amines is 1. The number of hydrogen-bond donors (Lipinski definition) is 1. The number of aromatic nitrogens is 2. The zero-order valence-corrected chi connectivity index (χ0v) is 5.09. The van der Waals surface area contributed by atoms with Gasteiger partial charge in [-0.05, 0) is 0 Å². The molecule has 0 aromatic carbocycles. The Labute approximate surface area is 48.3 Å². The van der Waals surface area contributed by atoms with Crippen LogP contribution in [0.5, 0.6) is 0 Å². The van der Waals surface area contributed by atoms with Gasteiger partial charge >= 0.3 is 0 Å². The van der Waals surface area contributed by atoms with Crippen molar-refractivity contribution in [1.29, 1.82) is 0 Å². The van der Waals surface area contributed by atoms with E-state index < -0.39 is 0 Å². The van der Waals surface area contributed by atoms with Crippen LogP contribution in [0, 0.1) is 0 Å². The van der Waals surface area contributed by atoms with Crippen LogP contribution in [0.25, 0.3) is 0 Å². The number of carbonyl (C=O) groups excluding carboxylic acids is 1. The molecule has 0 saturated carbocycles. The third-order valence-electron chi connectivity index (χ3n) is 0.694. The Balaban J connectivity index is 2.62. The van der Waals surface area contributed by atoms with Gasteiger partial charge in [-0.1, -0.05) is 0 Å². The maximum Gasteiger partial charge on any atom is 0.146 e. The molecule has 1 aromatic rings. The lowest BCUT2D eigenvalue weighted by Gasteiger charge is -1.79. The minimum absolute atomic E-state index is 0.164. The standard InChI is InChI=1S/C4H5N2OP/c7-3-8-4-5-1-2-6-4/h1-3,8H,(H,5,6). The summed E-state index contributed by atoms with van der Waals surface area (Å²) in [6, 6.07) is 0.846. The second-order valence-electron chi connectivity index (χ2n) is 1.20. The molecule has 0 aliphatic heterocycles. The maximum absolute atomic E-state index is 9.82. The third kappa shape index (κ3) is 1.14. The number of nitrogens with zero attached hydrogens (tertiary/aromatic N) is 1. The van der Waals surface area contributed by atoms with Crippen LogP contribution in [-0.2, 0) is 4.79 Å². The molecular weight excluding hydrogens is 123 g/mol. The molecule has 1 rings (SSSR count). The number of carbonyl (C=O) groups is 1. The number of nitrogens with one attached hydrogen (secondary N) is 1. The Bertz CT molecular complexity index is 161. The van der Waals surface area contributed by atoms with Gasteiger partial charge in [0.05, 0.1) is 0 Å². The minimum Gasteiger partial charge on any atom is -0.345 e. The quantitative estimate of drug-likeness (QED) is 0.446. The van der Waals surface area contributed by atoms with Crippen molar-refractivity contribution in [2.24, 2.45) is 0 Å². The van der Waals surface area contributed by atoms with E-state index in [0.717, 1.165) is 11.6 Å². The first-order chi connectivity index (χ1) is 3.93. The smallest absolute Gasteiger partial charge is 0.146 e. The molecule has 0 spiro atoms. The fraction of sp³-hybridized carbons (Fsp3) is 0. The summed E-state index contributed by atoms with van der Waals surface area (Å²) < 4.78 is 0. The molecule has 0 aliphatic carbocycles. The van der Waals surface area contributed by atoms with Crippen molar-refractivity contribution in [3.05, 3.63) is 12.4 Å². The van der Waals surface area contributed by atoms with Crippen molar-refractivity contribution in [3.63, 3.8) is 0 Å². The van der Waals surface area contributed by atoms with Crippen molar-refractivity contribution < 1.29 is 4.79 Å². The molecule has 0 bridgehead atoms. The first-order valence-corrected chi connectivity index (χ1v) is 3.21. The predicted octanol–water partition coefficient (Wildman–Crippen LogP) is -0.0963. The highest BCUT2D eigenvalue weighted by Gasteiger charge is 1.87. The summed E-state index contributed by atoms with van der Waals surface area (Å²) in [5.41, 5.74) is 0.750. The molecule has 1 aromatic heterocycles. The molecule has 3 nitrogen and oxygen atoms in total. The van der Waals surface area contributed by atoms with E-state index in [2.05, 4.69) is 9.97 Å². The van der Waals surface area contributed by atoms with Crippen LogP contribution in [0.4, 0.5) is 0 Å². The van der Waals surface area contributed by atoms with Gasteiger partial charge in [0.1, 0.15) is 11.6 Å². The Morgan fingerprint density at radius 2 is 2.75 bits per heavy atom. The van der Waals surface area contributed by atoms with Gasteiger partial charge in [0, 0.05) is 21.0 Å². The van der Waals surface area contributed by atoms with Crippen LogP contribution in [0.15, 0.2) is 12.4 Å². The van der Waals surface area contributed by atoms with Gasteiger partial charge in [0.15, 0.2) is 0 Å². The van der Waals surface area contributed by atoms with E-state index >= 15 is 0 Å². The van der Waals surface area contributed by atoms with Crippen molar-refractivity contribution in [2.75, 3.05) is 0 Å². The van der Waals surface area contributed by atoms with E-state index in [9.17, 15) is 4.79 Å². The SMILES string of the molecule is O=CPc1ncc[nH]1. The molecular formula is C4H5N2OP. The summed E-state index contributed by atoms with van der Waals surface area (Å²) in [5.74, 6) is 0. The highest BCUT2D eigenvalue weighted by atomic mass is 31.1. The van der Waals surface area contributed by atoms with Crippen LogP contribution in [0.3, 0.4) is 0 Å².